The van der Waals surface area contributed by atoms with Crippen LogP contribution in [0.1, 0.15) is 155 Å². The van der Waals surface area contributed by atoms with E-state index in [2.05, 4.69) is 79.9 Å². The van der Waals surface area contributed by atoms with Gasteiger partial charge in [0.15, 0.2) is 6.04 Å². The fourth-order valence-electron chi connectivity index (χ4n) is 5.12. The van der Waals surface area contributed by atoms with Crippen molar-refractivity contribution in [1.82, 2.24) is 5.32 Å². The molecular weight excluding hydrogens is 709 g/mol. The molecule has 0 aromatic heterocycles. The van der Waals surface area contributed by atoms with Crippen LogP contribution in [0.3, 0.4) is 0 Å². The molecule has 12 heteroatoms. The van der Waals surface area contributed by atoms with Crippen LogP contribution in [0.2, 0.25) is 0 Å². The van der Waals surface area contributed by atoms with E-state index in [1.807, 2.05) is 0 Å². The summed E-state index contributed by atoms with van der Waals surface area (Å²) in [5.74, 6) is -2.43. The highest BCUT2D eigenvalue weighted by molar-refractivity contribution is 7.47. The molecule has 0 fully saturated rings. The van der Waals surface area contributed by atoms with Crippen molar-refractivity contribution in [3.8, 4) is 0 Å². The first-order chi connectivity index (χ1) is 26.1. The van der Waals surface area contributed by atoms with E-state index in [1.54, 1.807) is 0 Å². The third-order valence-corrected chi connectivity index (χ3v) is 9.24. The van der Waals surface area contributed by atoms with Crippen LogP contribution in [-0.2, 0) is 32.7 Å². The zero-order valence-electron chi connectivity index (χ0n) is 33.3. The minimum Gasteiger partial charge on any atom is -0.480 e. The van der Waals surface area contributed by atoms with E-state index >= 15 is 0 Å². The van der Waals surface area contributed by atoms with E-state index in [1.165, 1.54) is 44.9 Å². The normalized spacial score (nSPS) is 14.4. The van der Waals surface area contributed by atoms with Crippen LogP contribution in [0, 0.1) is 0 Å². The number of phosphoric acid groups is 1. The first kappa shape index (κ1) is 51.2. The number of esters is 1. The SMILES string of the molecule is CC/C=C\C/C=C\C/C=C\CCCCCC(=O)NC(COP(=O)(O)OCC(O)COC(=O)CCCCCCCCC/C=C\C/C=C\CCCCC)C(=O)O. The van der Waals surface area contributed by atoms with E-state index in [-0.39, 0.29) is 12.8 Å². The van der Waals surface area contributed by atoms with Gasteiger partial charge in [-0.1, -0.05) is 126 Å². The summed E-state index contributed by atoms with van der Waals surface area (Å²) in [6, 6.07) is -1.56. The number of ether oxygens (including phenoxy) is 1. The number of hydrogen-bond acceptors (Lipinski definition) is 8. The number of allylic oxidation sites excluding steroid dienone is 10. The summed E-state index contributed by atoms with van der Waals surface area (Å²) in [7, 11) is -4.76. The molecule has 0 saturated heterocycles. The molecule has 4 N–H and O–H groups in total. The molecule has 0 aliphatic rings. The molecule has 0 spiro atoms. The van der Waals surface area contributed by atoms with Crippen molar-refractivity contribution in [3.63, 3.8) is 0 Å². The largest absolute Gasteiger partial charge is 0.480 e. The van der Waals surface area contributed by atoms with Crippen LogP contribution in [0.4, 0.5) is 0 Å². The molecule has 0 rings (SSSR count). The van der Waals surface area contributed by atoms with Gasteiger partial charge in [-0.15, -0.1) is 0 Å². The van der Waals surface area contributed by atoms with Gasteiger partial charge in [-0.2, -0.15) is 0 Å². The Bertz CT molecular complexity index is 1150. The average Bonchev–Trinajstić information content (AvgIpc) is 3.14. The van der Waals surface area contributed by atoms with Crippen LogP contribution >= 0.6 is 7.82 Å². The summed E-state index contributed by atoms with van der Waals surface area (Å²) in [6.45, 7) is 2.40. The van der Waals surface area contributed by atoms with E-state index in [0.717, 1.165) is 70.6 Å². The summed E-state index contributed by atoms with van der Waals surface area (Å²) in [6.07, 6.45) is 41.1. The summed E-state index contributed by atoms with van der Waals surface area (Å²) in [4.78, 5) is 45.8. The molecule has 1 amide bonds. The number of phosphoric ester groups is 1. The Labute approximate surface area is 326 Å². The molecule has 0 saturated carbocycles. The third-order valence-electron chi connectivity index (χ3n) is 8.29. The lowest BCUT2D eigenvalue weighted by atomic mass is 10.1. The van der Waals surface area contributed by atoms with Gasteiger partial charge in [0.2, 0.25) is 5.91 Å². The van der Waals surface area contributed by atoms with E-state index in [0.29, 0.717) is 12.8 Å². The predicted molar refractivity (Wildman–Crippen MR) is 217 cm³/mol. The van der Waals surface area contributed by atoms with Gasteiger partial charge in [0.25, 0.3) is 0 Å². The maximum absolute atomic E-state index is 12.2. The minimum atomic E-state index is -4.76. The van der Waals surface area contributed by atoms with Gasteiger partial charge in [-0.3, -0.25) is 18.6 Å². The fraction of sp³-hybridized carbons (Fsp3) is 0.690. The molecule has 3 atom stereocenters. The van der Waals surface area contributed by atoms with Crippen LogP contribution < -0.4 is 5.32 Å². The van der Waals surface area contributed by atoms with Crippen molar-refractivity contribution in [2.75, 3.05) is 19.8 Å². The molecule has 3 unspecified atom stereocenters. The molecule has 0 radical (unpaired) electrons. The lowest BCUT2D eigenvalue weighted by molar-refractivity contribution is -0.147. The molecule has 0 aliphatic carbocycles. The van der Waals surface area contributed by atoms with Gasteiger partial charge in [-0.25, -0.2) is 9.36 Å². The van der Waals surface area contributed by atoms with Gasteiger partial charge in [0.05, 0.1) is 13.2 Å². The summed E-state index contributed by atoms with van der Waals surface area (Å²) in [5.41, 5.74) is 0. The number of aliphatic hydroxyl groups excluding tert-OH is 1. The summed E-state index contributed by atoms with van der Waals surface area (Å²) >= 11 is 0. The summed E-state index contributed by atoms with van der Waals surface area (Å²) < 4.78 is 26.7. The van der Waals surface area contributed by atoms with Crippen molar-refractivity contribution in [3.05, 3.63) is 60.8 Å². The number of unbranched alkanes of at least 4 members (excludes halogenated alkanes) is 13. The second kappa shape index (κ2) is 37.1. The molecule has 310 valence electrons. The smallest absolute Gasteiger partial charge is 0.472 e. The van der Waals surface area contributed by atoms with Gasteiger partial charge < -0.3 is 25.2 Å². The first-order valence-electron chi connectivity index (χ1n) is 20.3. The Balaban J connectivity index is 3.97. The van der Waals surface area contributed by atoms with Gasteiger partial charge in [-0.05, 0) is 77.0 Å². The number of carbonyl (C=O) groups is 3. The maximum atomic E-state index is 12.2. The Morgan fingerprint density at radius 3 is 1.63 bits per heavy atom. The maximum Gasteiger partial charge on any atom is 0.472 e. The van der Waals surface area contributed by atoms with Crippen LogP contribution in [0.5, 0.6) is 0 Å². The number of hydrogen-bond donors (Lipinski definition) is 4. The standard InChI is InChI=1S/C42H72NO10P/c1-3-5-7-9-11-13-15-17-18-19-20-22-24-26-28-30-32-34-41(46)51-35-38(44)36-52-54(49,50)53-37-39(42(47)48)43-40(45)33-31-29-27-25-23-21-16-14-12-10-8-6-4-2/h6,8,11-14,17-18,21,23,38-39,44H,3-5,7,9-10,15-16,19-20,22,24-37H2,1-2H3,(H,43,45)(H,47,48)(H,49,50)/b8-6-,13-11-,14-12-,18-17-,23-21-. The number of aliphatic carboxylic acids is 1. The predicted octanol–water partition coefficient (Wildman–Crippen LogP) is 10.00. The van der Waals surface area contributed by atoms with Gasteiger partial charge in [0, 0.05) is 12.8 Å². The van der Waals surface area contributed by atoms with Crippen molar-refractivity contribution in [1.29, 1.82) is 0 Å². The number of aliphatic hydroxyl groups is 1. The minimum absolute atomic E-state index is 0.107. The quantitative estimate of drug-likeness (QED) is 0.0206. The topological polar surface area (TPSA) is 169 Å². The number of nitrogens with one attached hydrogen (secondary N) is 1. The molecule has 0 bridgehead atoms. The second-order valence-electron chi connectivity index (χ2n) is 13.4. The van der Waals surface area contributed by atoms with Crippen LogP contribution in [-0.4, -0.2) is 64.9 Å². The Hall–Kier alpha value is -2.82. The number of carboxylic acids is 1. The van der Waals surface area contributed by atoms with E-state index in [9.17, 15) is 34.1 Å². The van der Waals surface area contributed by atoms with Gasteiger partial charge in [0.1, 0.15) is 12.7 Å². The number of rotatable bonds is 37. The lowest BCUT2D eigenvalue weighted by Crippen LogP contribution is -2.43. The third kappa shape index (κ3) is 36.2. The van der Waals surface area contributed by atoms with Crippen molar-refractivity contribution in [2.45, 2.75) is 167 Å². The molecule has 0 aromatic rings. The van der Waals surface area contributed by atoms with Crippen molar-refractivity contribution < 1.29 is 47.8 Å². The Morgan fingerprint density at radius 2 is 1.07 bits per heavy atom. The average molecular weight is 782 g/mol. The molecule has 11 nitrogen and oxygen atoms in total. The highest BCUT2D eigenvalue weighted by atomic mass is 31.2. The summed E-state index contributed by atoms with van der Waals surface area (Å²) in [5, 5.41) is 21.7. The molecule has 0 heterocycles. The number of amides is 1. The molecular formula is C42H72NO10P. The Morgan fingerprint density at radius 1 is 0.611 bits per heavy atom. The van der Waals surface area contributed by atoms with E-state index in [4.69, 9.17) is 13.8 Å². The van der Waals surface area contributed by atoms with E-state index < -0.39 is 57.6 Å². The molecule has 54 heavy (non-hydrogen) atoms. The zero-order valence-corrected chi connectivity index (χ0v) is 34.1. The fourth-order valence-corrected chi connectivity index (χ4v) is 5.89. The number of carbonyl (C=O) groups excluding carboxylic acids is 2. The zero-order chi connectivity index (χ0) is 40.0. The van der Waals surface area contributed by atoms with Crippen molar-refractivity contribution >= 4 is 25.7 Å². The lowest BCUT2D eigenvalue weighted by Gasteiger charge is -2.18. The number of carboxylic acid groups (broad SMARTS) is 1. The second-order valence-corrected chi connectivity index (χ2v) is 14.9. The Kier molecular flexibility index (Phi) is 35.2. The monoisotopic (exact) mass is 781 g/mol. The molecule has 0 aliphatic heterocycles. The first-order valence-corrected chi connectivity index (χ1v) is 21.8. The molecule has 0 aromatic carbocycles. The van der Waals surface area contributed by atoms with Gasteiger partial charge >= 0.3 is 19.8 Å². The van der Waals surface area contributed by atoms with Crippen LogP contribution in [0.25, 0.3) is 0 Å². The highest BCUT2D eigenvalue weighted by Gasteiger charge is 2.28. The van der Waals surface area contributed by atoms with Crippen LogP contribution in [0.15, 0.2) is 60.8 Å². The highest BCUT2D eigenvalue weighted by Crippen LogP contribution is 2.43. The van der Waals surface area contributed by atoms with Crippen molar-refractivity contribution in [2.24, 2.45) is 0 Å².